The first kappa shape index (κ1) is 9.22. The minimum atomic E-state index is 0.429. The van der Waals surface area contributed by atoms with Gasteiger partial charge in [0.25, 0.3) is 0 Å². The average molecular weight is 240 g/mol. The zero-order valence-corrected chi connectivity index (χ0v) is 9.18. The second kappa shape index (κ2) is 3.43. The van der Waals surface area contributed by atoms with E-state index < -0.39 is 0 Å². The first-order valence-electron chi connectivity index (χ1n) is 4.73. The highest BCUT2D eigenvalue weighted by Crippen LogP contribution is 2.50. The van der Waals surface area contributed by atoms with Crippen LogP contribution in [-0.4, -0.2) is 6.54 Å². The molecule has 0 aromatic heterocycles. The van der Waals surface area contributed by atoms with Gasteiger partial charge in [-0.1, -0.05) is 28.1 Å². The van der Waals surface area contributed by atoms with Gasteiger partial charge >= 0.3 is 0 Å². The minimum absolute atomic E-state index is 0.429. The maximum absolute atomic E-state index is 5.62. The zero-order valence-electron chi connectivity index (χ0n) is 7.59. The lowest BCUT2D eigenvalue weighted by Crippen LogP contribution is -2.13. The van der Waals surface area contributed by atoms with Gasteiger partial charge in [-0.15, -0.1) is 0 Å². The molecule has 0 amide bonds. The Balaban J connectivity index is 2.25. The predicted octanol–water partition coefficient (Wildman–Crippen LogP) is 2.83. The van der Waals surface area contributed by atoms with Gasteiger partial charge in [0, 0.05) is 4.47 Å². The Kier molecular flexibility index (Phi) is 2.43. The quantitative estimate of drug-likeness (QED) is 0.863. The van der Waals surface area contributed by atoms with Crippen molar-refractivity contribution >= 4 is 15.9 Å². The summed E-state index contributed by atoms with van der Waals surface area (Å²) in [5.41, 5.74) is 7.50. The Morgan fingerprint density at radius 1 is 1.38 bits per heavy atom. The molecule has 1 aromatic carbocycles. The second-order valence-corrected chi connectivity index (χ2v) is 4.75. The largest absolute Gasteiger partial charge is 0.330 e. The summed E-state index contributed by atoms with van der Waals surface area (Å²) >= 11 is 3.50. The molecule has 13 heavy (non-hydrogen) atoms. The highest BCUT2D eigenvalue weighted by molar-refractivity contribution is 9.10. The van der Waals surface area contributed by atoms with E-state index in [2.05, 4.69) is 40.2 Å². The molecule has 0 atom stereocenters. The van der Waals surface area contributed by atoms with Crippen molar-refractivity contribution in [3.63, 3.8) is 0 Å². The summed E-state index contributed by atoms with van der Waals surface area (Å²) in [7, 11) is 0. The average Bonchev–Trinajstić information content (AvgIpc) is 2.86. The van der Waals surface area contributed by atoms with Crippen LogP contribution in [0.3, 0.4) is 0 Å². The highest BCUT2D eigenvalue weighted by atomic mass is 79.9. The van der Waals surface area contributed by atoms with Crippen LogP contribution < -0.4 is 5.73 Å². The number of hydrogen-bond donors (Lipinski definition) is 1. The van der Waals surface area contributed by atoms with E-state index in [1.165, 1.54) is 22.9 Å². The Hall–Kier alpha value is -0.340. The fraction of sp³-hybridized carbons (Fsp3) is 0.455. The van der Waals surface area contributed by atoms with Crippen molar-refractivity contribution in [1.29, 1.82) is 0 Å². The van der Waals surface area contributed by atoms with E-state index in [9.17, 15) is 0 Å². The third kappa shape index (κ3) is 1.79. The Morgan fingerprint density at radius 3 is 2.69 bits per heavy atom. The molecule has 0 aliphatic heterocycles. The lowest BCUT2D eigenvalue weighted by molar-refractivity contribution is 0.629. The smallest absolute Gasteiger partial charge is 0.0178 e. The van der Waals surface area contributed by atoms with Crippen molar-refractivity contribution in [3.8, 4) is 0 Å². The molecule has 0 saturated heterocycles. The molecule has 2 N–H and O–H groups in total. The summed E-state index contributed by atoms with van der Waals surface area (Å²) in [6.07, 6.45) is 3.74. The maximum atomic E-state index is 5.62. The molecule has 70 valence electrons. The number of rotatable bonds is 3. The van der Waals surface area contributed by atoms with Gasteiger partial charge in [-0.3, -0.25) is 0 Å². The minimum Gasteiger partial charge on any atom is -0.330 e. The van der Waals surface area contributed by atoms with E-state index in [0.717, 1.165) is 13.0 Å². The van der Waals surface area contributed by atoms with Crippen LogP contribution in [0.25, 0.3) is 0 Å². The van der Waals surface area contributed by atoms with Crippen molar-refractivity contribution in [2.75, 3.05) is 6.54 Å². The van der Waals surface area contributed by atoms with Crippen molar-refractivity contribution < 1.29 is 0 Å². The van der Waals surface area contributed by atoms with Crippen molar-refractivity contribution in [2.45, 2.75) is 24.7 Å². The van der Waals surface area contributed by atoms with Gasteiger partial charge in [0.05, 0.1) is 0 Å². The molecule has 0 radical (unpaired) electrons. The van der Waals surface area contributed by atoms with Gasteiger partial charge < -0.3 is 5.73 Å². The van der Waals surface area contributed by atoms with Gasteiger partial charge in [0.2, 0.25) is 0 Å². The van der Waals surface area contributed by atoms with Gasteiger partial charge in [-0.25, -0.2) is 0 Å². The zero-order chi connectivity index (χ0) is 9.31. The lowest BCUT2D eigenvalue weighted by Gasteiger charge is -2.14. The van der Waals surface area contributed by atoms with Gasteiger partial charge in [-0.2, -0.15) is 0 Å². The van der Waals surface area contributed by atoms with Crippen LogP contribution in [0.2, 0.25) is 0 Å². The molecule has 1 aromatic rings. The van der Waals surface area contributed by atoms with Crippen LogP contribution in [0.5, 0.6) is 0 Å². The SMILES string of the molecule is NCCC1(c2cccc(Br)c2)CC1. The third-order valence-corrected chi connectivity index (χ3v) is 3.41. The molecular formula is C11H14BrN. The topological polar surface area (TPSA) is 26.0 Å². The Labute approximate surface area is 87.5 Å². The van der Waals surface area contributed by atoms with E-state index >= 15 is 0 Å². The summed E-state index contributed by atoms with van der Waals surface area (Å²) in [6, 6.07) is 8.62. The first-order valence-corrected chi connectivity index (χ1v) is 5.52. The van der Waals surface area contributed by atoms with E-state index in [-0.39, 0.29) is 0 Å². The van der Waals surface area contributed by atoms with E-state index in [1.807, 2.05) is 0 Å². The van der Waals surface area contributed by atoms with Crippen molar-refractivity contribution in [2.24, 2.45) is 5.73 Å². The van der Waals surface area contributed by atoms with Crippen LogP contribution in [-0.2, 0) is 5.41 Å². The number of nitrogens with two attached hydrogens (primary N) is 1. The fourth-order valence-electron chi connectivity index (χ4n) is 1.93. The monoisotopic (exact) mass is 239 g/mol. The summed E-state index contributed by atoms with van der Waals surface area (Å²) in [6.45, 7) is 0.798. The van der Waals surface area contributed by atoms with E-state index in [4.69, 9.17) is 5.73 Å². The van der Waals surface area contributed by atoms with Gasteiger partial charge in [0.1, 0.15) is 0 Å². The molecule has 1 aliphatic carbocycles. The predicted molar refractivity (Wildman–Crippen MR) is 58.7 cm³/mol. The normalized spacial score (nSPS) is 18.6. The van der Waals surface area contributed by atoms with Crippen LogP contribution in [0.1, 0.15) is 24.8 Å². The van der Waals surface area contributed by atoms with Gasteiger partial charge in [0.15, 0.2) is 0 Å². The lowest BCUT2D eigenvalue weighted by atomic mass is 9.93. The van der Waals surface area contributed by atoms with Gasteiger partial charge in [-0.05, 0) is 48.9 Å². The maximum Gasteiger partial charge on any atom is 0.0178 e. The molecule has 1 fully saturated rings. The molecule has 1 aliphatic rings. The number of hydrogen-bond acceptors (Lipinski definition) is 1. The van der Waals surface area contributed by atoms with Crippen LogP contribution in [0.15, 0.2) is 28.7 Å². The molecule has 1 saturated carbocycles. The molecule has 0 bridgehead atoms. The van der Waals surface area contributed by atoms with Crippen LogP contribution in [0.4, 0.5) is 0 Å². The number of halogens is 1. The van der Waals surface area contributed by atoms with Crippen LogP contribution in [0, 0.1) is 0 Å². The second-order valence-electron chi connectivity index (χ2n) is 3.83. The molecule has 0 unspecified atom stereocenters. The summed E-state index contributed by atoms with van der Waals surface area (Å²) in [5, 5.41) is 0. The molecular weight excluding hydrogens is 226 g/mol. The molecule has 2 heteroatoms. The number of benzene rings is 1. The summed E-state index contributed by atoms with van der Waals surface area (Å²) in [5.74, 6) is 0. The summed E-state index contributed by atoms with van der Waals surface area (Å²) < 4.78 is 1.17. The molecule has 0 heterocycles. The summed E-state index contributed by atoms with van der Waals surface area (Å²) in [4.78, 5) is 0. The van der Waals surface area contributed by atoms with E-state index in [0.29, 0.717) is 5.41 Å². The Bertz CT molecular complexity index is 305. The van der Waals surface area contributed by atoms with Crippen molar-refractivity contribution in [3.05, 3.63) is 34.3 Å². The van der Waals surface area contributed by atoms with Crippen LogP contribution >= 0.6 is 15.9 Å². The molecule has 2 rings (SSSR count). The third-order valence-electron chi connectivity index (χ3n) is 2.91. The van der Waals surface area contributed by atoms with Crippen molar-refractivity contribution in [1.82, 2.24) is 0 Å². The first-order chi connectivity index (χ1) is 6.27. The molecule has 0 spiro atoms. The molecule has 1 nitrogen and oxygen atoms in total. The fourth-order valence-corrected chi connectivity index (χ4v) is 2.33. The Morgan fingerprint density at radius 2 is 2.15 bits per heavy atom. The van der Waals surface area contributed by atoms with E-state index in [1.54, 1.807) is 0 Å². The highest BCUT2D eigenvalue weighted by Gasteiger charge is 2.43. The standard InChI is InChI=1S/C11H14BrN/c12-10-3-1-2-9(8-10)11(4-5-11)6-7-13/h1-3,8H,4-7,13H2.